The Balaban J connectivity index is 1.73. The van der Waals surface area contributed by atoms with Crippen LogP contribution in [0.25, 0.3) is 11.2 Å². The molecule has 0 radical (unpaired) electrons. The Labute approximate surface area is 163 Å². The number of amides is 1. The van der Waals surface area contributed by atoms with Gasteiger partial charge in [0, 0.05) is 31.2 Å². The number of aliphatic hydroxyl groups is 1. The molecule has 2 aromatic heterocycles. The van der Waals surface area contributed by atoms with E-state index in [1.54, 1.807) is 16.2 Å². The molecule has 4 atom stereocenters. The van der Waals surface area contributed by atoms with E-state index in [0.717, 1.165) is 17.6 Å². The number of carbonyl (C=O) groups is 1. The molecule has 2 bridgehead atoms. The minimum Gasteiger partial charge on any atom is -0.465 e. The zero-order valence-corrected chi connectivity index (χ0v) is 16.8. The monoisotopic (exact) mass is 388 g/mol. The summed E-state index contributed by atoms with van der Waals surface area (Å²) in [7, 11) is 1.72. The predicted molar refractivity (Wildman–Crippen MR) is 104 cm³/mol. The Morgan fingerprint density at radius 1 is 1.29 bits per heavy atom. The molecular formula is C20H28N4O4. The highest BCUT2D eigenvalue weighted by Crippen LogP contribution is 2.43. The van der Waals surface area contributed by atoms with Gasteiger partial charge in [-0.1, -0.05) is 20.8 Å². The van der Waals surface area contributed by atoms with Gasteiger partial charge in [0.1, 0.15) is 0 Å². The van der Waals surface area contributed by atoms with Crippen molar-refractivity contribution in [2.75, 3.05) is 0 Å². The van der Waals surface area contributed by atoms with Gasteiger partial charge in [0.15, 0.2) is 5.65 Å². The first kappa shape index (κ1) is 19.0. The van der Waals surface area contributed by atoms with Gasteiger partial charge in [-0.15, -0.1) is 0 Å². The Kier molecular flexibility index (Phi) is 4.30. The van der Waals surface area contributed by atoms with Crippen molar-refractivity contribution >= 4 is 17.3 Å². The van der Waals surface area contributed by atoms with Gasteiger partial charge in [0.25, 0.3) is 0 Å². The number of hydrogen-bond acceptors (Lipinski definition) is 4. The molecule has 2 aliphatic rings. The van der Waals surface area contributed by atoms with Crippen LogP contribution in [0.1, 0.15) is 51.6 Å². The molecule has 0 saturated carbocycles. The van der Waals surface area contributed by atoms with Gasteiger partial charge in [-0.2, -0.15) is 0 Å². The number of piperidine rings is 1. The maximum absolute atomic E-state index is 12.7. The summed E-state index contributed by atoms with van der Waals surface area (Å²) in [5.41, 5.74) is 1.97. The second-order valence-electron chi connectivity index (χ2n) is 9.39. The first-order valence-electron chi connectivity index (χ1n) is 9.84. The molecule has 4 rings (SSSR count). The number of rotatable bonds is 2. The average Bonchev–Trinajstić information content (AvgIpc) is 3.08. The Hall–Kier alpha value is -2.35. The van der Waals surface area contributed by atoms with Crippen LogP contribution >= 0.6 is 0 Å². The van der Waals surface area contributed by atoms with Crippen molar-refractivity contribution in [3.05, 3.63) is 28.3 Å². The first-order valence-corrected chi connectivity index (χ1v) is 9.84. The van der Waals surface area contributed by atoms with Crippen LogP contribution in [-0.4, -0.2) is 53.5 Å². The number of fused-ring (bicyclic) bond motifs is 3. The van der Waals surface area contributed by atoms with Crippen molar-refractivity contribution in [1.82, 2.24) is 19.0 Å². The molecule has 2 saturated heterocycles. The summed E-state index contributed by atoms with van der Waals surface area (Å²) >= 11 is 0. The molecule has 4 unspecified atom stereocenters. The first-order chi connectivity index (χ1) is 13.1. The van der Waals surface area contributed by atoms with E-state index in [9.17, 15) is 19.8 Å². The van der Waals surface area contributed by atoms with Crippen molar-refractivity contribution in [3.63, 3.8) is 0 Å². The molecule has 2 aromatic rings. The SMILES string of the molecule is Cn1c(=O)n(CC(C)(C)C)c2ccc(C3CC4CCC(C3O)N4C(=O)O)nc21. The minimum atomic E-state index is -0.963. The third-order valence-corrected chi connectivity index (χ3v) is 6.11. The van der Waals surface area contributed by atoms with Crippen LogP contribution < -0.4 is 5.69 Å². The third-order valence-electron chi connectivity index (χ3n) is 6.11. The fraction of sp³-hybridized carbons (Fsp3) is 0.650. The summed E-state index contributed by atoms with van der Waals surface area (Å²) in [6, 6.07) is 3.32. The summed E-state index contributed by atoms with van der Waals surface area (Å²) < 4.78 is 3.30. The highest BCUT2D eigenvalue weighted by Gasteiger charge is 2.49. The normalized spacial score (nSPS) is 27.5. The zero-order chi connectivity index (χ0) is 20.4. The molecule has 28 heavy (non-hydrogen) atoms. The number of aryl methyl sites for hydroxylation is 1. The lowest BCUT2D eigenvalue weighted by Gasteiger charge is -2.40. The Morgan fingerprint density at radius 3 is 2.64 bits per heavy atom. The van der Waals surface area contributed by atoms with E-state index < -0.39 is 12.2 Å². The van der Waals surface area contributed by atoms with Crippen molar-refractivity contribution < 1.29 is 15.0 Å². The van der Waals surface area contributed by atoms with E-state index >= 15 is 0 Å². The molecule has 152 valence electrons. The van der Waals surface area contributed by atoms with Gasteiger partial charge < -0.3 is 10.2 Å². The van der Waals surface area contributed by atoms with Crippen LogP contribution in [0, 0.1) is 5.41 Å². The number of imidazole rings is 1. The minimum absolute atomic E-state index is 0.0458. The fourth-order valence-electron chi connectivity index (χ4n) is 4.89. The number of pyridine rings is 1. The largest absolute Gasteiger partial charge is 0.465 e. The third kappa shape index (κ3) is 2.90. The zero-order valence-electron chi connectivity index (χ0n) is 16.8. The van der Waals surface area contributed by atoms with Crippen LogP contribution in [0.4, 0.5) is 4.79 Å². The Morgan fingerprint density at radius 2 is 2.00 bits per heavy atom. The number of carboxylic acid groups (broad SMARTS) is 1. The Bertz CT molecular complexity index is 986. The second-order valence-corrected chi connectivity index (χ2v) is 9.39. The topological polar surface area (TPSA) is 101 Å². The van der Waals surface area contributed by atoms with E-state index in [1.165, 1.54) is 4.90 Å². The molecular weight excluding hydrogens is 360 g/mol. The van der Waals surface area contributed by atoms with Crippen molar-refractivity contribution in [2.24, 2.45) is 12.5 Å². The van der Waals surface area contributed by atoms with Crippen molar-refractivity contribution in [1.29, 1.82) is 0 Å². The van der Waals surface area contributed by atoms with Gasteiger partial charge in [0.2, 0.25) is 0 Å². The lowest BCUT2D eigenvalue weighted by Crippen LogP contribution is -2.53. The van der Waals surface area contributed by atoms with E-state index in [0.29, 0.717) is 25.0 Å². The quantitative estimate of drug-likeness (QED) is 0.821. The molecule has 4 heterocycles. The number of nitrogens with zero attached hydrogens (tertiary/aromatic N) is 4. The van der Waals surface area contributed by atoms with Crippen LogP contribution in [0.2, 0.25) is 0 Å². The van der Waals surface area contributed by atoms with Crippen LogP contribution in [-0.2, 0) is 13.6 Å². The van der Waals surface area contributed by atoms with Crippen LogP contribution in [0.3, 0.4) is 0 Å². The lowest BCUT2D eigenvalue weighted by atomic mass is 9.85. The van der Waals surface area contributed by atoms with Gasteiger partial charge in [-0.05, 0) is 36.8 Å². The van der Waals surface area contributed by atoms with Crippen LogP contribution in [0.15, 0.2) is 16.9 Å². The predicted octanol–water partition coefficient (Wildman–Crippen LogP) is 2.14. The summed E-state index contributed by atoms with van der Waals surface area (Å²) in [5, 5.41) is 20.3. The summed E-state index contributed by atoms with van der Waals surface area (Å²) in [6.45, 7) is 6.85. The molecule has 0 spiro atoms. The molecule has 8 heteroatoms. The van der Waals surface area contributed by atoms with Gasteiger partial charge in [-0.3, -0.25) is 14.0 Å². The summed E-state index contributed by atoms with van der Waals surface area (Å²) in [5.74, 6) is -0.224. The highest BCUT2D eigenvalue weighted by atomic mass is 16.4. The molecule has 8 nitrogen and oxygen atoms in total. The number of aliphatic hydroxyl groups excluding tert-OH is 1. The lowest BCUT2D eigenvalue weighted by molar-refractivity contribution is 0.00345. The van der Waals surface area contributed by atoms with E-state index in [2.05, 4.69) is 20.8 Å². The molecule has 2 fully saturated rings. The van der Waals surface area contributed by atoms with Gasteiger partial charge >= 0.3 is 11.8 Å². The van der Waals surface area contributed by atoms with Gasteiger partial charge in [0.05, 0.1) is 17.7 Å². The van der Waals surface area contributed by atoms with E-state index in [1.807, 2.05) is 12.1 Å². The number of hydrogen-bond donors (Lipinski definition) is 2. The molecule has 0 aromatic carbocycles. The maximum Gasteiger partial charge on any atom is 0.407 e. The molecule has 2 aliphatic heterocycles. The molecule has 1 amide bonds. The maximum atomic E-state index is 12.7. The average molecular weight is 388 g/mol. The van der Waals surface area contributed by atoms with Crippen molar-refractivity contribution in [3.8, 4) is 0 Å². The van der Waals surface area contributed by atoms with Crippen LogP contribution in [0.5, 0.6) is 0 Å². The summed E-state index contributed by atoms with van der Waals surface area (Å²) in [6.07, 6.45) is 0.257. The van der Waals surface area contributed by atoms with Crippen molar-refractivity contribution in [2.45, 2.75) is 70.7 Å². The smallest absolute Gasteiger partial charge is 0.407 e. The summed E-state index contributed by atoms with van der Waals surface area (Å²) in [4.78, 5) is 30.4. The molecule has 2 N–H and O–H groups in total. The highest BCUT2D eigenvalue weighted by molar-refractivity contribution is 5.72. The van der Waals surface area contributed by atoms with E-state index in [-0.39, 0.29) is 29.1 Å². The standard InChI is InChI=1S/C20H28N4O4/c1-20(2,3)10-23-15-8-6-13(21-17(15)22(4)18(23)26)12-9-11-5-7-14(16(12)25)24(11)19(27)28/h6,8,11-12,14,16,25H,5,7,9-10H2,1-4H3,(H,27,28). The van der Waals surface area contributed by atoms with Gasteiger partial charge in [-0.25, -0.2) is 14.6 Å². The second kappa shape index (κ2) is 6.34. The fourth-order valence-corrected chi connectivity index (χ4v) is 4.89. The molecule has 0 aliphatic carbocycles. The van der Waals surface area contributed by atoms with E-state index in [4.69, 9.17) is 4.98 Å². The number of aromatic nitrogens is 3.